The minimum absolute atomic E-state index is 0.192. The number of hydrogen-bond donors (Lipinski definition) is 1. The van der Waals surface area contributed by atoms with Crippen LogP contribution in [0.25, 0.3) is 0 Å². The van der Waals surface area contributed by atoms with Gasteiger partial charge >= 0.3 is 0 Å². The maximum absolute atomic E-state index is 12.7. The lowest BCUT2D eigenvalue weighted by Crippen LogP contribution is -2.05. The summed E-state index contributed by atoms with van der Waals surface area (Å²) in [6, 6.07) is 6.60. The lowest BCUT2D eigenvalue weighted by Gasteiger charge is -2.06. The maximum Gasteiger partial charge on any atom is 0.202 e. The molecule has 0 fully saturated rings. The van der Waals surface area contributed by atoms with E-state index in [-0.39, 0.29) is 5.82 Å². The second-order valence-electron chi connectivity index (χ2n) is 3.57. The quantitative estimate of drug-likeness (QED) is 0.855. The maximum atomic E-state index is 12.7. The van der Waals surface area contributed by atoms with E-state index in [9.17, 15) is 4.39 Å². The molecule has 2 rings (SSSR count). The van der Waals surface area contributed by atoms with Crippen molar-refractivity contribution in [2.75, 3.05) is 12.4 Å². The van der Waals surface area contributed by atoms with Crippen molar-refractivity contribution in [1.82, 2.24) is 9.55 Å². The zero-order chi connectivity index (χ0) is 11.4. The van der Waals surface area contributed by atoms with Crippen LogP contribution in [0.2, 0.25) is 0 Å². The van der Waals surface area contributed by atoms with Gasteiger partial charge in [-0.25, -0.2) is 9.37 Å². The zero-order valence-electron chi connectivity index (χ0n) is 9.15. The second-order valence-corrected chi connectivity index (χ2v) is 3.57. The first-order valence-electron chi connectivity index (χ1n) is 5.23. The van der Waals surface area contributed by atoms with Crippen LogP contribution in [0.1, 0.15) is 5.56 Å². The van der Waals surface area contributed by atoms with Crippen molar-refractivity contribution in [2.24, 2.45) is 0 Å². The highest BCUT2D eigenvalue weighted by Crippen LogP contribution is 2.08. The third-order valence-corrected chi connectivity index (χ3v) is 2.49. The molecule has 0 aliphatic rings. The summed E-state index contributed by atoms with van der Waals surface area (Å²) < 4.78 is 14.7. The number of rotatable bonds is 4. The fourth-order valence-electron chi connectivity index (χ4n) is 1.62. The van der Waals surface area contributed by atoms with Gasteiger partial charge in [0.25, 0.3) is 0 Å². The smallest absolute Gasteiger partial charge is 0.202 e. The summed E-state index contributed by atoms with van der Waals surface area (Å²) >= 11 is 0. The Morgan fingerprint density at radius 1 is 1.31 bits per heavy atom. The standard InChI is InChI=1S/C12H14FN3/c1-14-12-15-7-9-16(12)8-6-10-2-4-11(13)5-3-10/h2-5,7,9H,6,8H2,1H3,(H,14,15). The van der Waals surface area contributed by atoms with E-state index in [2.05, 4.69) is 10.3 Å². The molecule has 0 radical (unpaired) electrons. The van der Waals surface area contributed by atoms with Crippen molar-refractivity contribution in [2.45, 2.75) is 13.0 Å². The number of halogens is 1. The number of nitrogens with one attached hydrogen (secondary N) is 1. The van der Waals surface area contributed by atoms with Gasteiger partial charge in [0.15, 0.2) is 0 Å². The van der Waals surface area contributed by atoms with Crippen molar-refractivity contribution in [3.63, 3.8) is 0 Å². The average molecular weight is 219 g/mol. The van der Waals surface area contributed by atoms with Crippen molar-refractivity contribution >= 4 is 5.95 Å². The summed E-state index contributed by atoms with van der Waals surface area (Å²) in [5.74, 6) is 0.657. The molecule has 1 heterocycles. The van der Waals surface area contributed by atoms with E-state index in [0.29, 0.717) is 0 Å². The molecular weight excluding hydrogens is 205 g/mol. The average Bonchev–Trinajstić information content (AvgIpc) is 2.76. The molecule has 1 aromatic heterocycles. The van der Waals surface area contributed by atoms with Crippen molar-refractivity contribution < 1.29 is 4.39 Å². The van der Waals surface area contributed by atoms with Gasteiger partial charge < -0.3 is 9.88 Å². The highest BCUT2D eigenvalue weighted by molar-refractivity contribution is 5.24. The third-order valence-electron chi connectivity index (χ3n) is 2.49. The van der Waals surface area contributed by atoms with Gasteiger partial charge in [-0.15, -0.1) is 0 Å². The Bertz CT molecular complexity index is 448. The van der Waals surface area contributed by atoms with Crippen LogP contribution >= 0.6 is 0 Å². The minimum atomic E-state index is -0.192. The topological polar surface area (TPSA) is 29.9 Å². The lowest BCUT2D eigenvalue weighted by atomic mass is 10.1. The monoisotopic (exact) mass is 219 g/mol. The molecule has 2 aromatic rings. The second kappa shape index (κ2) is 4.79. The Hall–Kier alpha value is -1.84. The van der Waals surface area contributed by atoms with E-state index in [1.54, 1.807) is 6.20 Å². The van der Waals surface area contributed by atoms with E-state index in [1.165, 1.54) is 12.1 Å². The van der Waals surface area contributed by atoms with E-state index in [4.69, 9.17) is 0 Å². The summed E-state index contributed by atoms with van der Waals surface area (Å²) in [7, 11) is 1.84. The number of nitrogens with zero attached hydrogens (tertiary/aromatic N) is 2. The molecule has 0 bridgehead atoms. The van der Waals surface area contributed by atoms with Crippen LogP contribution in [0.5, 0.6) is 0 Å². The van der Waals surface area contributed by atoms with Crippen molar-refractivity contribution in [3.05, 3.63) is 48.0 Å². The highest BCUT2D eigenvalue weighted by Gasteiger charge is 2.00. The van der Waals surface area contributed by atoms with E-state index >= 15 is 0 Å². The lowest BCUT2D eigenvalue weighted by molar-refractivity contribution is 0.625. The molecule has 0 atom stereocenters. The molecule has 1 N–H and O–H groups in total. The van der Waals surface area contributed by atoms with Gasteiger partial charge in [0.2, 0.25) is 5.95 Å². The summed E-state index contributed by atoms with van der Waals surface area (Å²) in [6.45, 7) is 0.835. The summed E-state index contributed by atoms with van der Waals surface area (Å²) in [6.07, 6.45) is 4.55. The third kappa shape index (κ3) is 2.39. The normalized spacial score (nSPS) is 10.4. The predicted octanol–water partition coefficient (Wildman–Crippen LogP) is 2.31. The fourth-order valence-corrected chi connectivity index (χ4v) is 1.62. The first-order valence-corrected chi connectivity index (χ1v) is 5.23. The molecule has 0 saturated heterocycles. The van der Waals surface area contributed by atoms with Gasteiger partial charge in [-0.1, -0.05) is 12.1 Å². The minimum Gasteiger partial charge on any atom is -0.359 e. The van der Waals surface area contributed by atoms with Gasteiger partial charge in [0, 0.05) is 26.0 Å². The van der Waals surface area contributed by atoms with Crippen LogP contribution in [0.3, 0.4) is 0 Å². The number of imidazole rings is 1. The summed E-state index contributed by atoms with van der Waals surface area (Å²) in [5, 5.41) is 3.01. The number of hydrogen-bond acceptors (Lipinski definition) is 2. The molecule has 0 unspecified atom stereocenters. The summed E-state index contributed by atoms with van der Waals surface area (Å²) in [5.41, 5.74) is 1.12. The summed E-state index contributed by atoms with van der Waals surface area (Å²) in [4.78, 5) is 4.15. The van der Waals surface area contributed by atoms with E-state index in [1.807, 2.05) is 29.9 Å². The first kappa shape index (κ1) is 10.7. The van der Waals surface area contributed by atoms with Crippen molar-refractivity contribution in [3.8, 4) is 0 Å². The van der Waals surface area contributed by atoms with Crippen LogP contribution in [0, 0.1) is 5.82 Å². The molecule has 0 saturated carbocycles. The van der Waals surface area contributed by atoms with Crippen LogP contribution in [0.4, 0.5) is 10.3 Å². The highest BCUT2D eigenvalue weighted by atomic mass is 19.1. The van der Waals surface area contributed by atoms with Crippen LogP contribution in [-0.2, 0) is 13.0 Å². The molecule has 16 heavy (non-hydrogen) atoms. The Morgan fingerprint density at radius 2 is 2.06 bits per heavy atom. The largest absolute Gasteiger partial charge is 0.359 e. The fraction of sp³-hybridized carbons (Fsp3) is 0.250. The number of aryl methyl sites for hydroxylation is 2. The van der Waals surface area contributed by atoms with Gasteiger partial charge in [0.1, 0.15) is 5.82 Å². The number of anilines is 1. The molecule has 3 nitrogen and oxygen atoms in total. The van der Waals surface area contributed by atoms with Crippen molar-refractivity contribution in [1.29, 1.82) is 0 Å². The molecule has 1 aromatic carbocycles. The molecule has 4 heteroatoms. The SMILES string of the molecule is CNc1nccn1CCc1ccc(F)cc1. The van der Waals surface area contributed by atoms with E-state index < -0.39 is 0 Å². The molecule has 84 valence electrons. The molecular formula is C12H14FN3. The van der Waals surface area contributed by atoms with Gasteiger partial charge in [0.05, 0.1) is 0 Å². The Morgan fingerprint density at radius 3 is 2.75 bits per heavy atom. The van der Waals surface area contributed by atoms with Crippen LogP contribution < -0.4 is 5.32 Å². The number of benzene rings is 1. The van der Waals surface area contributed by atoms with E-state index in [0.717, 1.165) is 24.5 Å². The Labute approximate surface area is 93.9 Å². The van der Waals surface area contributed by atoms with Gasteiger partial charge in [-0.3, -0.25) is 0 Å². The zero-order valence-corrected chi connectivity index (χ0v) is 9.15. The van der Waals surface area contributed by atoms with Gasteiger partial charge in [-0.05, 0) is 24.1 Å². The molecule has 0 aliphatic carbocycles. The molecule has 0 amide bonds. The van der Waals surface area contributed by atoms with Crippen LogP contribution in [-0.4, -0.2) is 16.6 Å². The van der Waals surface area contributed by atoms with Crippen LogP contribution in [0.15, 0.2) is 36.7 Å². The molecule has 0 spiro atoms. The Kier molecular flexibility index (Phi) is 3.19. The predicted molar refractivity (Wildman–Crippen MR) is 61.9 cm³/mol. The molecule has 0 aliphatic heterocycles. The van der Waals surface area contributed by atoms with Gasteiger partial charge in [-0.2, -0.15) is 0 Å². The number of aromatic nitrogens is 2. The first-order chi connectivity index (χ1) is 7.79. The Balaban J connectivity index is 1.99.